The number of hydrogen-bond donors (Lipinski definition) is 0. The molecule has 0 aliphatic rings. The summed E-state index contributed by atoms with van der Waals surface area (Å²) in [6.07, 6.45) is 0. The molecule has 1 atom stereocenters. The molecule has 0 saturated heterocycles. The Hall–Kier alpha value is 0.910. The van der Waals surface area contributed by atoms with E-state index in [1.54, 1.807) is 0 Å². The molecule has 11 heavy (non-hydrogen) atoms. The zero-order chi connectivity index (χ0) is 8.85. The van der Waals surface area contributed by atoms with Crippen LogP contribution in [0.15, 0.2) is 0 Å². The van der Waals surface area contributed by atoms with Crippen LogP contribution < -0.4 is 0 Å². The molecule has 0 rings (SSSR count). The van der Waals surface area contributed by atoms with Gasteiger partial charge in [-0.1, -0.05) is 21.6 Å². The zero-order valence-corrected chi connectivity index (χ0v) is 8.95. The molecule has 64 valence electrons. The second-order valence-corrected chi connectivity index (χ2v) is 5.30. The van der Waals surface area contributed by atoms with Gasteiger partial charge in [0.25, 0.3) is 5.24 Å². The Labute approximate surface area is 86.7 Å². The fourth-order valence-electron chi connectivity index (χ4n) is 0.178. The van der Waals surface area contributed by atoms with E-state index in [1.165, 1.54) is 0 Å². The van der Waals surface area contributed by atoms with E-state index in [2.05, 4.69) is 0 Å². The van der Waals surface area contributed by atoms with Gasteiger partial charge in [-0.25, -0.2) is 0 Å². The van der Waals surface area contributed by atoms with Gasteiger partial charge in [-0.3, -0.25) is 9.59 Å². The van der Waals surface area contributed by atoms with E-state index < -0.39 is 15.2 Å². The minimum atomic E-state index is -0.822. The minimum absolute atomic E-state index is 0.111. The predicted octanol–water partition coefficient (Wildman–Crippen LogP) is 2.46. The second-order valence-electron chi connectivity index (χ2n) is 1.33. The molecular weight excluding hydrogens is 251 g/mol. The number of alkyl halides is 1. The quantitative estimate of drug-likeness (QED) is 0.428. The lowest BCUT2D eigenvalue weighted by atomic mass is 10.9. The van der Waals surface area contributed by atoms with Crippen molar-refractivity contribution in [2.45, 2.75) is 4.71 Å². The summed E-state index contributed by atoms with van der Waals surface area (Å²) in [6.45, 7) is 0. The van der Waals surface area contributed by atoms with E-state index >= 15 is 0 Å². The maximum absolute atomic E-state index is 10.3. The van der Waals surface area contributed by atoms with E-state index in [-0.39, 0.29) is 5.75 Å². The third kappa shape index (κ3) is 7.28. The third-order valence-corrected chi connectivity index (χ3v) is 4.28. The molecule has 0 heterocycles. The van der Waals surface area contributed by atoms with Gasteiger partial charge in [0.15, 0.2) is 4.71 Å². The summed E-state index contributed by atoms with van der Waals surface area (Å²) >= 11 is 15.4. The normalized spacial score (nSPS) is 12.6. The largest absolute Gasteiger partial charge is 0.280 e. The van der Waals surface area contributed by atoms with E-state index in [1.807, 2.05) is 0 Å². The minimum Gasteiger partial charge on any atom is -0.280 e. The Morgan fingerprint density at radius 2 is 1.91 bits per heavy atom. The molecule has 0 saturated carbocycles. The van der Waals surface area contributed by atoms with Crippen LogP contribution in [0.2, 0.25) is 0 Å². The highest BCUT2D eigenvalue weighted by molar-refractivity contribution is 8.77. The van der Waals surface area contributed by atoms with Crippen LogP contribution in [0.4, 0.5) is 0 Å². The Morgan fingerprint density at radius 1 is 1.36 bits per heavy atom. The van der Waals surface area contributed by atoms with Gasteiger partial charge < -0.3 is 0 Å². The first-order chi connectivity index (χ1) is 5.04. The molecule has 0 aromatic rings. The van der Waals surface area contributed by atoms with Crippen LogP contribution in [0, 0.1) is 0 Å². The van der Waals surface area contributed by atoms with Gasteiger partial charge in [-0.15, -0.1) is 11.6 Å². The molecule has 0 N–H and O–H groups in total. The van der Waals surface area contributed by atoms with Crippen LogP contribution in [0.5, 0.6) is 0 Å². The van der Waals surface area contributed by atoms with Crippen LogP contribution in [0.25, 0.3) is 0 Å². The third-order valence-electron chi connectivity index (χ3n) is 0.503. The molecule has 0 radical (unpaired) electrons. The van der Waals surface area contributed by atoms with Gasteiger partial charge >= 0.3 is 0 Å². The molecule has 0 aliphatic heterocycles. The molecule has 0 aromatic heterocycles. The molecule has 0 aromatic carbocycles. The SMILES string of the molecule is O=C(Cl)CSSC(Cl)C(=O)Cl. The number of rotatable bonds is 5. The monoisotopic (exact) mass is 252 g/mol. The first-order valence-electron chi connectivity index (χ1n) is 2.34. The summed E-state index contributed by atoms with van der Waals surface area (Å²) in [7, 11) is 2.10. The number of halogens is 3. The van der Waals surface area contributed by atoms with Crippen molar-refractivity contribution < 1.29 is 9.59 Å². The molecule has 0 fully saturated rings. The van der Waals surface area contributed by atoms with Crippen LogP contribution in [0.3, 0.4) is 0 Å². The van der Waals surface area contributed by atoms with Crippen molar-refractivity contribution in [1.29, 1.82) is 0 Å². The topological polar surface area (TPSA) is 34.1 Å². The Morgan fingerprint density at radius 3 is 2.27 bits per heavy atom. The number of carbonyl (C=O) groups excluding carboxylic acids is 2. The van der Waals surface area contributed by atoms with Crippen molar-refractivity contribution in [2.75, 3.05) is 5.75 Å². The van der Waals surface area contributed by atoms with E-state index in [9.17, 15) is 9.59 Å². The van der Waals surface area contributed by atoms with Crippen molar-refractivity contribution in [2.24, 2.45) is 0 Å². The van der Waals surface area contributed by atoms with Gasteiger partial charge in [0.05, 0.1) is 5.75 Å². The molecule has 0 spiro atoms. The first-order valence-corrected chi connectivity index (χ1v) is 5.91. The Bertz CT molecular complexity index is 163. The molecule has 7 heteroatoms. The highest BCUT2D eigenvalue weighted by atomic mass is 35.5. The van der Waals surface area contributed by atoms with Crippen molar-refractivity contribution in [3.05, 3.63) is 0 Å². The highest BCUT2D eigenvalue weighted by Gasteiger charge is 2.13. The van der Waals surface area contributed by atoms with Crippen molar-refractivity contribution in [3.63, 3.8) is 0 Å². The Balaban J connectivity index is 3.39. The number of hydrogen-bond acceptors (Lipinski definition) is 4. The lowest BCUT2D eigenvalue weighted by Crippen LogP contribution is -2.00. The molecule has 0 amide bonds. The Kier molecular flexibility index (Phi) is 6.96. The van der Waals surface area contributed by atoms with Crippen LogP contribution in [-0.4, -0.2) is 20.9 Å². The predicted molar refractivity (Wildman–Crippen MR) is 51.4 cm³/mol. The first kappa shape index (κ1) is 11.9. The van der Waals surface area contributed by atoms with E-state index in [0.29, 0.717) is 0 Å². The second kappa shape index (κ2) is 6.43. The van der Waals surface area contributed by atoms with Gasteiger partial charge in [0, 0.05) is 0 Å². The number of carbonyl (C=O) groups is 2. The summed E-state index contributed by atoms with van der Waals surface area (Å²) in [6, 6.07) is 0. The average molecular weight is 254 g/mol. The maximum atomic E-state index is 10.3. The fraction of sp³-hybridized carbons (Fsp3) is 0.500. The van der Waals surface area contributed by atoms with Gasteiger partial charge in [-0.2, -0.15) is 0 Å². The van der Waals surface area contributed by atoms with Crippen LogP contribution in [0.1, 0.15) is 0 Å². The summed E-state index contributed by atoms with van der Waals surface area (Å²) in [5.74, 6) is 0.111. The van der Waals surface area contributed by atoms with Gasteiger partial charge in [0.1, 0.15) is 0 Å². The zero-order valence-electron chi connectivity index (χ0n) is 5.05. The molecule has 0 bridgehead atoms. The molecule has 2 nitrogen and oxygen atoms in total. The van der Waals surface area contributed by atoms with Crippen LogP contribution in [-0.2, 0) is 9.59 Å². The maximum Gasteiger partial charge on any atom is 0.250 e. The van der Waals surface area contributed by atoms with Crippen molar-refractivity contribution >= 4 is 66.9 Å². The van der Waals surface area contributed by atoms with Crippen molar-refractivity contribution in [3.8, 4) is 0 Å². The van der Waals surface area contributed by atoms with E-state index in [4.69, 9.17) is 34.8 Å². The highest BCUT2D eigenvalue weighted by Crippen LogP contribution is 2.30. The van der Waals surface area contributed by atoms with Gasteiger partial charge in [-0.05, 0) is 23.2 Å². The van der Waals surface area contributed by atoms with Crippen LogP contribution >= 0.6 is 56.4 Å². The lowest BCUT2D eigenvalue weighted by molar-refractivity contribution is -0.110. The lowest BCUT2D eigenvalue weighted by Gasteiger charge is -1.99. The summed E-state index contributed by atoms with van der Waals surface area (Å²) < 4.78 is -0.822. The van der Waals surface area contributed by atoms with E-state index in [0.717, 1.165) is 21.6 Å². The van der Waals surface area contributed by atoms with Crippen molar-refractivity contribution in [1.82, 2.24) is 0 Å². The summed E-state index contributed by atoms with van der Waals surface area (Å²) in [5.41, 5.74) is 0. The standard InChI is InChI=1S/C4H3Cl3O2S2/c5-2(8)1-10-11-4(7)3(6)9/h4H,1H2. The van der Waals surface area contributed by atoms with Gasteiger partial charge in [0.2, 0.25) is 5.24 Å². The average Bonchev–Trinajstić information content (AvgIpc) is 1.86. The summed E-state index contributed by atoms with van der Waals surface area (Å²) in [4.78, 5) is 20.5. The smallest absolute Gasteiger partial charge is 0.250 e. The summed E-state index contributed by atoms with van der Waals surface area (Å²) in [5, 5.41) is -1.13. The molecule has 1 unspecified atom stereocenters. The molecular formula is C4H3Cl3O2S2. The fourth-order valence-corrected chi connectivity index (χ4v) is 2.79. The molecule has 0 aliphatic carbocycles.